The largest absolute Gasteiger partial charge is 0.478 e. The predicted molar refractivity (Wildman–Crippen MR) is 82.6 cm³/mol. The zero-order valence-corrected chi connectivity index (χ0v) is 12.8. The fraction of sp³-hybridized carbons (Fsp3) is 0.600. The maximum atomic E-state index is 5.40. The minimum atomic E-state index is 0.565. The molecule has 6 nitrogen and oxygen atoms in total. The highest BCUT2D eigenvalue weighted by Crippen LogP contribution is 2.18. The van der Waals surface area contributed by atoms with Crippen molar-refractivity contribution < 1.29 is 9.47 Å². The van der Waals surface area contributed by atoms with E-state index in [2.05, 4.69) is 20.6 Å². The molecule has 0 bridgehead atoms. The monoisotopic (exact) mass is 292 g/mol. The smallest absolute Gasteiger partial charge is 0.213 e. The molecule has 0 atom stereocenters. The van der Waals surface area contributed by atoms with E-state index in [1.54, 1.807) is 13.3 Å². The van der Waals surface area contributed by atoms with Crippen molar-refractivity contribution in [2.75, 3.05) is 26.9 Å². The molecule has 0 aliphatic heterocycles. The average molecular weight is 292 g/mol. The Morgan fingerprint density at radius 1 is 1.48 bits per heavy atom. The summed E-state index contributed by atoms with van der Waals surface area (Å²) in [6.07, 6.45) is 4.19. The quantitative estimate of drug-likeness (QED) is 0.430. The first-order chi connectivity index (χ1) is 10.3. The number of aromatic nitrogens is 1. The number of guanidine groups is 1. The van der Waals surface area contributed by atoms with Gasteiger partial charge in [0.05, 0.1) is 19.8 Å². The summed E-state index contributed by atoms with van der Waals surface area (Å²) in [5, 5.41) is 6.67. The lowest BCUT2D eigenvalue weighted by Crippen LogP contribution is -2.40. The molecule has 2 N–H and O–H groups in total. The molecule has 0 radical (unpaired) electrons. The van der Waals surface area contributed by atoms with Crippen molar-refractivity contribution in [1.82, 2.24) is 15.6 Å². The van der Waals surface area contributed by atoms with E-state index in [4.69, 9.17) is 9.47 Å². The van der Waals surface area contributed by atoms with Crippen LogP contribution in [0.25, 0.3) is 0 Å². The maximum absolute atomic E-state index is 5.40. The van der Waals surface area contributed by atoms with Crippen molar-refractivity contribution >= 4 is 5.96 Å². The van der Waals surface area contributed by atoms with Crippen LogP contribution in [0.5, 0.6) is 5.88 Å². The molecule has 1 aromatic heterocycles. The number of nitrogens with zero attached hydrogens (tertiary/aromatic N) is 2. The summed E-state index contributed by atoms with van der Waals surface area (Å²) < 4.78 is 10.4. The molecule has 1 aromatic rings. The molecule has 0 unspecified atom stereocenters. The number of hydrogen-bond donors (Lipinski definition) is 2. The van der Waals surface area contributed by atoms with Gasteiger partial charge in [0.2, 0.25) is 5.88 Å². The Bertz CT molecular complexity index is 461. The molecule has 1 aliphatic carbocycles. The lowest BCUT2D eigenvalue weighted by Gasteiger charge is -2.11. The van der Waals surface area contributed by atoms with Crippen molar-refractivity contribution in [2.24, 2.45) is 4.99 Å². The van der Waals surface area contributed by atoms with E-state index >= 15 is 0 Å². The summed E-state index contributed by atoms with van der Waals surface area (Å²) >= 11 is 0. The van der Waals surface area contributed by atoms with E-state index in [-0.39, 0.29) is 0 Å². The van der Waals surface area contributed by atoms with Gasteiger partial charge in [0.25, 0.3) is 0 Å². The molecule has 0 saturated heterocycles. The van der Waals surface area contributed by atoms with Crippen LogP contribution in [0.2, 0.25) is 0 Å². The van der Waals surface area contributed by atoms with Gasteiger partial charge in [0, 0.05) is 32.0 Å². The minimum Gasteiger partial charge on any atom is -0.478 e. The first-order valence-corrected chi connectivity index (χ1v) is 7.43. The van der Waals surface area contributed by atoms with Gasteiger partial charge in [-0.25, -0.2) is 9.98 Å². The van der Waals surface area contributed by atoms with Gasteiger partial charge in [-0.2, -0.15) is 0 Å². The molecule has 21 heavy (non-hydrogen) atoms. The molecular formula is C15H24N4O2. The first-order valence-electron chi connectivity index (χ1n) is 7.43. The summed E-state index contributed by atoms with van der Waals surface area (Å²) in [5.41, 5.74) is 1.08. The van der Waals surface area contributed by atoms with Crippen molar-refractivity contribution in [1.29, 1.82) is 0 Å². The third-order valence-corrected chi connectivity index (χ3v) is 3.03. The Morgan fingerprint density at radius 2 is 2.33 bits per heavy atom. The van der Waals surface area contributed by atoms with Crippen molar-refractivity contribution in [3.8, 4) is 5.88 Å². The van der Waals surface area contributed by atoms with Crippen LogP contribution in [0.15, 0.2) is 23.3 Å². The van der Waals surface area contributed by atoms with Crippen LogP contribution >= 0.6 is 0 Å². The van der Waals surface area contributed by atoms with Gasteiger partial charge in [0.1, 0.15) is 0 Å². The number of methoxy groups -OCH3 is 1. The van der Waals surface area contributed by atoms with E-state index < -0.39 is 0 Å². The third-order valence-electron chi connectivity index (χ3n) is 3.03. The van der Waals surface area contributed by atoms with Gasteiger partial charge < -0.3 is 20.1 Å². The van der Waals surface area contributed by atoms with Crippen LogP contribution in [-0.2, 0) is 11.3 Å². The summed E-state index contributed by atoms with van der Waals surface area (Å²) in [7, 11) is 1.69. The summed E-state index contributed by atoms with van der Waals surface area (Å²) in [4.78, 5) is 8.76. The molecule has 1 saturated carbocycles. The number of aliphatic imine (C=N–C) groups is 1. The second kappa shape index (κ2) is 8.46. The van der Waals surface area contributed by atoms with Gasteiger partial charge in [-0.1, -0.05) is 0 Å². The van der Waals surface area contributed by atoms with Crippen LogP contribution in [0.1, 0.15) is 25.3 Å². The SMILES string of the molecule is CCOc1cc(CN=C(NCCOC)NC2CC2)ccn1. The number of pyridine rings is 1. The fourth-order valence-corrected chi connectivity index (χ4v) is 1.79. The zero-order valence-electron chi connectivity index (χ0n) is 12.8. The minimum absolute atomic E-state index is 0.565. The highest BCUT2D eigenvalue weighted by Gasteiger charge is 2.22. The summed E-state index contributed by atoms with van der Waals surface area (Å²) in [6, 6.07) is 4.45. The second-order valence-corrected chi connectivity index (χ2v) is 4.94. The molecule has 1 aliphatic rings. The molecule has 1 fully saturated rings. The predicted octanol–water partition coefficient (Wildman–Crippen LogP) is 1.32. The standard InChI is InChI=1S/C15H24N4O2/c1-3-21-14-10-12(6-7-16-14)11-18-15(17-8-9-20-2)19-13-4-5-13/h6-7,10,13H,3-5,8-9,11H2,1-2H3,(H2,17,18,19). The molecule has 0 spiro atoms. The highest BCUT2D eigenvalue weighted by atomic mass is 16.5. The maximum Gasteiger partial charge on any atom is 0.213 e. The Kier molecular flexibility index (Phi) is 6.27. The third kappa shape index (κ3) is 5.99. The van der Waals surface area contributed by atoms with Crippen LogP contribution in [0.3, 0.4) is 0 Å². The van der Waals surface area contributed by atoms with Crippen LogP contribution in [0, 0.1) is 0 Å². The number of nitrogens with one attached hydrogen (secondary N) is 2. The average Bonchev–Trinajstić information content (AvgIpc) is 3.30. The van der Waals surface area contributed by atoms with Crippen LogP contribution in [-0.4, -0.2) is 43.9 Å². The summed E-state index contributed by atoms with van der Waals surface area (Å²) in [5.74, 6) is 1.48. The highest BCUT2D eigenvalue weighted by molar-refractivity contribution is 5.80. The number of rotatable bonds is 8. The Hall–Kier alpha value is -1.82. The molecular weight excluding hydrogens is 268 g/mol. The second-order valence-electron chi connectivity index (χ2n) is 4.94. The van der Waals surface area contributed by atoms with Gasteiger partial charge in [0.15, 0.2) is 5.96 Å². The molecule has 116 valence electrons. The number of hydrogen-bond acceptors (Lipinski definition) is 4. The van der Waals surface area contributed by atoms with Crippen molar-refractivity contribution in [3.05, 3.63) is 23.9 Å². The van der Waals surface area contributed by atoms with Crippen molar-refractivity contribution in [2.45, 2.75) is 32.4 Å². The van der Waals surface area contributed by atoms with Gasteiger partial charge in [-0.05, 0) is 31.4 Å². The van der Waals surface area contributed by atoms with E-state index in [0.717, 1.165) is 18.1 Å². The normalized spacial score (nSPS) is 14.9. The van der Waals surface area contributed by atoms with Gasteiger partial charge in [-0.3, -0.25) is 0 Å². The summed E-state index contributed by atoms with van der Waals surface area (Å²) in [6.45, 7) is 4.57. The molecule has 6 heteroatoms. The molecule has 2 rings (SSSR count). The fourth-order valence-electron chi connectivity index (χ4n) is 1.79. The Labute approximate surface area is 126 Å². The topological polar surface area (TPSA) is 67.8 Å². The van der Waals surface area contributed by atoms with E-state index in [0.29, 0.717) is 31.7 Å². The lowest BCUT2D eigenvalue weighted by molar-refractivity contribution is 0.203. The van der Waals surface area contributed by atoms with E-state index in [1.165, 1.54) is 12.8 Å². The van der Waals surface area contributed by atoms with Gasteiger partial charge in [-0.15, -0.1) is 0 Å². The lowest BCUT2D eigenvalue weighted by atomic mass is 10.3. The van der Waals surface area contributed by atoms with Crippen molar-refractivity contribution in [3.63, 3.8) is 0 Å². The van der Waals surface area contributed by atoms with E-state index in [9.17, 15) is 0 Å². The van der Waals surface area contributed by atoms with E-state index in [1.807, 2.05) is 19.1 Å². The number of ether oxygens (including phenoxy) is 2. The zero-order chi connectivity index (χ0) is 14.9. The van der Waals surface area contributed by atoms with Crippen LogP contribution in [0.4, 0.5) is 0 Å². The Morgan fingerprint density at radius 3 is 3.05 bits per heavy atom. The Balaban J connectivity index is 1.91. The molecule has 0 amide bonds. The van der Waals surface area contributed by atoms with Gasteiger partial charge >= 0.3 is 0 Å². The van der Waals surface area contributed by atoms with Crippen LogP contribution < -0.4 is 15.4 Å². The first kappa shape index (κ1) is 15.6. The molecule has 0 aromatic carbocycles. The molecule has 1 heterocycles.